The van der Waals surface area contributed by atoms with Crippen molar-refractivity contribution in [3.63, 3.8) is 0 Å². The summed E-state index contributed by atoms with van der Waals surface area (Å²) in [5, 5.41) is 5.72. The maximum Gasteiger partial charge on any atom is 0.266 e. The fraction of sp³-hybridized carbons (Fsp3) is 0.278. The van der Waals surface area contributed by atoms with Crippen LogP contribution in [0.5, 0.6) is 0 Å². The van der Waals surface area contributed by atoms with Gasteiger partial charge in [-0.25, -0.2) is 9.50 Å². The number of carbonyl (C=O) groups excluding carboxylic acids is 1. The van der Waals surface area contributed by atoms with Gasteiger partial charge in [0.05, 0.1) is 12.5 Å². The molecule has 1 atom stereocenters. The zero-order valence-electron chi connectivity index (χ0n) is 14.3. The molecule has 3 rings (SSSR count). The van der Waals surface area contributed by atoms with Crippen molar-refractivity contribution < 1.29 is 4.79 Å². The molecule has 0 aliphatic rings. The molecule has 0 fully saturated rings. The minimum absolute atomic E-state index is 0.0925. The molecule has 2 heterocycles. The first-order valence-electron chi connectivity index (χ1n) is 7.98. The second-order valence-electron chi connectivity index (χ2n) is 6.06. The zero-order valence-corrected chi connectivity index (χ0v) is 15.8. The van der Waals surface area contributed by atoms with Crippen molar-refractivity contribution in [2.75, 3.05) is 0 Å². The van der Waals surface area contributed by atoms with Gasteiger partial charge >= 0.3 is 0 Å². The number of aromatic amines is 1. The Morgan fingerprint density at radius 3 is 2.80 bits per heavy atom. The molecule has 2 aromatic heterocycles. The van der Waals surface area contributed by atoms with Gasteiger partial charge in [-0.3, -0.25) is 14.7 Å². The summed E-state index contributed by atoms with van der Waals surface area (Å²) in [4.78, 5) is 28.4. The average Bonchev–Trinajstić information content (AvgIpc) is 2.92. The Hall–Kier alpha value is -2.41. The number of amides is 1. The van der Waals surface area contributed by atoms with Crippen molar-refractivity contribution in [3.05, 3.63) is 67.7 Å². The van der Waals surface area contributed by atoms with Gasteiger partial charge in [0.15, 0.2) is 5.65 Å². The first-order chi connectivity index (χ1) is 11.9. The summed E-state index contributed by atoms with van der Waals surface area (Å²) in [7, 11) is 0. The molecule has 1 aromatic carbocycles. The van der Waals surface area contributed by atoms with E-state index in [1.54, 1.807) is 4.52 Å². The highest BCUT2D eigenvalue weighted by Crippen LogP contribution is 2.23. The normalized spacial score (nSPS) is 12.3. The molecule has 130 valence electrons. The van der Waals surface area contributed by atoms with Crippen LogP contribution < -0.4 is 10.9 Å². The Morgan fingerprint density at radius 2 is 2.08 bits per heavy atom. The van der Waals surface area contributed by atoms with Crippen LogP contribution in [0.1, 0.15) is 35.5 Å². The minimum atomic E-state index is -0.209. The van der Waals surface area contributed by atoms with Crippen LogP contribution >= 0.6 is 15.9 Å². The summed E-state index contributed by atoms with van der Waals surface area (Å²) < 4.78 is 2.58. The number of nitrogens with zero attached hydrogens (tertiary/aromatic N) is 2. The van der Waals surface area contributed by atoms with Gasteiger partial charge in [-0.05, 0) is 32.4 Å². The monoisotopic (exact) mass is 402 g/mol. The molecular formula is C18H19BrN4O2. The van der Waals surface area contributed by atoms with E-state index in [1.807, 2.05) is 45.0 Å². The number of hydrogen-bond donors (Lipinski definition) is 2. The fourth-order valence-corrected chi connectivity index (χ4v) is 3.60. The Balaban J connectivity index is 1.82. The van der Waals surface area contributed by atoms with Crippen LogP contribution in [0.3, 0.4) is 0 Å². The Bertz CT molecular complexity index is 1010. The molecule has 0 aliphatic heterocycles. The number of hydrogen-bond acceptors (Lipinski definition) is 3. The van der Waals surface area contributed by atoms with Crippen molar-refractivity contribution in [2.24, 2.45) is 0 Å². The van der Waals surface area contributed by atoms with Crippen molar-refractivity contribution in [1.29, 1.82) is 0 Å². The lowest BCUT2D eigenvalue weighted by molar-refractivity contribution is -0.121. The smallest absolute Gasteiger partial charge is 0.266 e. The van der Waals surface area contributed by atoms with Crippen LogP contribution in [0.25, 0.3) is 5.65 Å². The molecular weight excluding hydrogens is 384 g/mol. The highest BCUT2D eigenvalue weighted by Gasteiger charge is 2.17. The van der Waals surface area contributed by atoms with Gasteiger partial charge in [-0.2, -0.15) is 0 Å². The minimum Gasteiger partial charge on any atom is -0.349 e. The van der Waals surface area contributed by atoms with Crippen LogP contribution in [0.4, 0.5) is 0 Å². The van der Waals surface area contributed by atoms with E-state index >= 15 is 0 Å². The number of H-pyrrole nitrogens is 1. The summed E-state index contributed by atoms with van der Waals surface area (Å²) in [6, 6.07) is 9.13. The van der Waals surface area contributed by atoms with Gasteiger partial charge in [0, 0.05) is 27.5 Å². The van der Waals surface area contributed by atoms with E-state index in [0.717, 1.165) is 27.0 Å². The van der Waals surface area contributed by atoms with E-state index in [-0.39, 0.29) is 23.9 Å². The van der Waals surface area contributed by atoms with Crippen LogP contribution in [0.2, 0.25) is 0 Å². The van der Waals surface area contributed by atoms with E-state index in [0.29, 0.717) is 5.65 Å². The molecule has 6 nitrogen and oxygen atoms in total. The lowest BCUT2D eigenvalue weighted by atomic mass is 10.1. The standard InChI is InChI=1S/C18H19BrN4O2/c1-10(13-6-4-5-7-15(13)19)21-17(24)8-14-11(2)20-16-9-18(25)22-23(16)12(14)3/h4-7,9-10H,8H2,1-3H3,(H,21,24)(H,22,25). The lowest BCUT2D eigenvalue weighted by Gasteiger charge is -2.17. The molecule has 3 aromatic rings. The second-order valence-corrected chi connectivity index (χ2v) is 6.92. The first-order valence-corrected chi connectivity index (χ1v) is 8.77. The summed E-state index contributed by atoms with van der Waals surface area (Å²) in [5.41, 5.74) is 3.75. The SMILES string of the molecule is Cc1nc2cc(=O)[nH]n2c(C)c1CC(=O)NC(C)c1ccccc1Br. The fourth-order valence-electron chi connectivity index (χ4n) is 2.97. The number of benzene rings is 1. The largest absolute Gasteiger partial charge is 0.349 e. The van der Waals surface area contributed by atoms with Crippen molar-refractivity contribution >= 4 is 27.5 Å². The van der Waals surface area contributed by atoms with E-state index in [2.05, 4.69) is 31.3 Å². The van der Waals surface area contributed by atoms with E-state index in [4.69, 9.17) is 0 Å². The summed E-state index contributed by atoms with van der Waals surface area (Å²) in [6.45, 7) is 5.67. The lowest BCUT2D eigenvalue weighted by Crippen LogP contribution is -2.29. The van der Waals surface area contributed by atoms with Crippen LogP contribution in [-0.4, -0.2) is 20.5 Å². The Morgan fingerprint density at radius 1 is 1.36 bits per heavy atom. The highest BCUT2D eigenvalue weighted by molar-refractivity contribution is 9.10. The molecule has 2 N–H and O–H groups in total. The number of carbonyl (C=O) groups is 1. The molecule has 0 aliphatic carbocycles. The zero-order chi connectivity index (χ0) is 18.1. The number of rotatable bonds is 4. The maximum absolute atomic E-state index is 12.5. The molecule has 1 unspecified atom stereocenters. The molecule has 25 heavy (non-hydrogen) atoms. The van der Waals surface area contributed by atoms with E-state index in [1.165, 1.54) is 6.07 Å². The topological polar surface area (TPSA) is 79.3 Å². The van der Waals surface area contributed by atoms with Gasteiger partial charge in [0.25, 0.3) is 5.56 Å². The van der Waals surface area contributed by atoms with Gasteiger partial charge in [-0.15, -0.1) is 0 Å². The van der Waals surface area contributed by atoms with E-state index < -0.39 is 0 Å². The van der Waals surface area contributed by atoms with Gasteiger partial charge < -0.3 is 5.32 Å². The third-order valence-electron chi connectivity index (χ3n) is 4.29. The van der Waals surface area contributed by atoms with E-state index in [9.17, 15) is 9.59 Å². The summed E-state index contributed by atoms with van der Waals surface area (Å²) in [6.07, 6.45) is 0.204. The Labute approximate surface area is 153 Å². The van der Waals surface area contributed by atoms with Crippen molar-refractivity contribution in [1.82, 2.24) is 19.9 Å². The average molecular weight is 403 g/mol. The predicted molar refractivity (Wildman–Crippen MR) is 99.7 cm³/mol. The molecule has 0 bridgehead atoms. The Kier molecular flexibility index (Phi) is 4.76. The van der Waals surface area contributed by atoms with Crippen LogP contribution in [0, 0.1) is 13.8 Å². The third-order valence-corrected chi connectivity index (χ3v) is 5.01. The second kappa shape index (κ2) is 6.84. The number of fused-ring (bicyclic) bond motifs is 1. The number of halogens is 1. The van der Waals surface area contributed by atoms with Gasteiger partial charge in [0.2, 0.25) is 5.91 Å². The summed E-state index contributed by atoms with van der Waals surface area (Å²) >= 11 is 3.51. The van der Waals surface area contributed by atoms with Crippen LogP contribution in [0.15, 0.2) is 39.6 Å². The predicted octanol–water partition coefficient (Wildman–Crippen LogP) is 2.82. The molecule has 7 heteroatoms. The molecule has 0 radical (unpaired) electrons. The number of aromatic nitrogens is 3. The maximum atomic E-state index is 12.5. The third kappa shape index (κ3) is 3.51. The highest BCUT2D eigenvalue weighted by atomic mass is 79.9. The number of nitrogens with one attached hydrogen (secondary N) is 2. The van der Waals surface area contributed by atoms with Gasteiger partial charge in [-0.1, -0.05) is 34.1 Å². The van der Waals surface area contributed by atoms with Gasteiger partial charge in [0.1, 0.15) is 0 Å². The molecule has 1 amide bonds. The molecule has 0 spiro atoms. The first kappa shape index (κ1) is 17.4. The quantitative estimate of drug-likeness (QED) is 0.703. The summed E-state index contributed by atoms with van der Waals surface area (Å²) in [5.74, 6) is -0.0925. The van der Waals surface area contributed by atoms with Crippen LogP contribution in [-0.2, 0) is 11.2 Å². The molecule has 0 saturated carbocycles. The van der Waals surface area contributed by atoms with Crippen molar-refractivity contribution in [2.45, 2.75) is 33.2 Å². The number of aryl methyl sites for hydroxylation is 2. The van der Waals surface area contributed by atoms with Crippen molar-refractivity contribution in [3.8, 4) is 0 Å². The molecule has 0 saturated heterocycles.